The molecule has 0 spiro atoms. The molecule has 0 aliphatic rings. The molecule has 5 heteroatoms. The number of aryl methyl sites for hydroxylation is 1. The average molecular weight is 277 g/mol. The molecule has 0 aliphatic heterocycles. The van der Waals surface area contributed by atoms with Crippen molar-refractivity contribution in [2.24, 2.45) is 0 Å². The maximum absolute atomic E-state index is 8.76. The number of rotatable bonds is 5. The maximum atomic E-state index is 8.76. The molecular formula is C13H15N3S2. The van der Waals surface area contributed by atoms with E-state index in [2.05, 4.69) is 30.2 Å². The Kier molecular flexibility index (Phi) is 4.48. The van der Waals surface area contributed by atoms with Gasteiger partial charge in [-0.1, -0.05) is 6.92 Å². The fourth-order valence-electron chi connectivity index (χ4n) is 1.56. The molecule has 0 bridgehead atoms. The minimum atomic E-state index is 0.253. The number of nitrogens with zero attached hydrogens (tertiary/aromatic N) is 2. The normalized spacial score (nSPS) is 12.3. The molecule has 0 aliphatic carbocycles. The molecule has 18 heavy (non-hydrogen) atoms. The first kappa shape index (κ1) is 13.2. The lowest BCUT2D eigenvalue weighted by Gasteiger charge is -2.09. The summed E-state index contributed by atoms with van der Waals surface area (Å²) in [4.78, 5) is 6.93. The van der Waals surface area contributed by atoms with Gasteiger partial charge in [-0.25, -0.2) is 4.98 Å². The molecule has 2 heterocycles. The Hall–Kier alpha value is -1.22. The first-order valence-corrected chi connectivity index (χ1v) is 7.58. The van der Waals surface area contributed by atoms with Crippen LogP contribution in [0.4, 0.5) is 0 Å². The van der Waals surface area contributed by atoms with Gasteiger partial charge in [0.05, 0.1) is 11.6 Å². The van der Waals surface area contributed by atoms with Gasteiger partial charge >= 0.3 is 0 Å². The second-order valence-electron chi connectivity index (χ2n) is 4.03. The van der Waals surface area contributed by atoms with Crippen LogP contribution in [0.15, 0.2) is 17.6 Å². The van der Waals surface area contributed by atoms with Crippen molar-refractivity contribution in [2.75, 3.05) is 0 Å². The highest BCUT2D eigenvalue weighted by Crippen LogP contribution is 2.21. The number of aromatic nitrogens is 1. The second-order valence-corrected chi connectivity index (χ2v) is 6.18. The highest BCUT2D eigenvalue weighted by atomic mass is 32.1. The molecular weight excluding hydrogens is 262 g/mol. The summed E-state index contributed by atoms with van der Waals surface area (Å²) in [6.07, 6.45) is 3.00. The lowest BCUT2D eigenvalue weighted by Crippen LogP contribution is -2.17. The van der Waals surface area contributed by atoms with Gasteiger partial charge < -0.3 is 5.32 Å². The minimum Gasteiger partial charge on any atom is -0.303 e. The summed E-state index contributed by atoms with van der Waals surface area (Å²) in [5.74, 6) is 0. The fourth-order valence-corrected chi connectivity index (χ4v) is 3.20. The molecule has 0 aromatic carbocycles. The maximum Gasteiger partial charge on any atom is 0.109 e. The molecule has 0 amide bonds. The van der Waals surface area contributed by atoms with E-state index in [4.69, 9.17) is 5.26 Å². The van der Waals surface area contributed by atoms with Crippen LogP contribution in [0.5, 0.6) is 0 Å². The Morgan fingerprint density at radius 3 is 2.94 bits per heavy atom. The standard InChI is InChI=1S/C13H15N3S2/c1-3-11-6-16-13(18-11)9(2)15-7-12-4-10(5-14)8-17-12/h4,6,8-9,15H,3,7H2,1-2H3. The Morgan fingerprint density at radius 2 is 2.33 bits per heavy atom. The zero-order chi connectivity index (χ0) is 13.0. The molecule has 94 valence electrons. The Bertz CT molecular complexity index is 551. The van der Waals surface area contributed by atoms with Crippen molar-refractivity contribution < 1.29 is 0 Å². The summed E-state index contributed by atoms with van der Waals surface area (Å²) in [5.41, 5.74) is 0.743. The molecule has 3 nitrogen and oxygen atoms in total. The van der Waals surface area contributed by atoms with Crippen molar-refractivity contribution in [3.8, 4) is 6.07 Å². The van der Waals surface area contributed by atoms with Gasteiger partial charge in [0.25, 0.3) is 0 Å². The molecule has 2 aromatic heterocycles. The van der Waals surface area contributed by atoms with Gasteiger partial charge in [-0.2, -0.15) is 5.26 Å². The highest BCUT2D eigenvalue weighted by molar-refractivity contribution is 7.11. The predicted molar refractivity (Wildman–Crippen MR) is 75.8 cm³/mol. The molecule has 0 saturated heterocycles. The van der Waals surface area contributed by atoms with Crippen molar-refractivity contribution in [3.63, 3.8) is 0 Å². The van der Waals surface area contributed by atoms with Crippen LogP contribution in [-0.4, -0.2) is 4.98 Å². The van der Waals surface area contributed by atoms with Crippen LogP contribution in [0.25, 0.3) is 0 Å². The van der Waals surface area contributed by atoms with Crippen LogP contribution in [0.1, 0.15) is 40.2 Å². The van der Waals surface area contributed by atoms with Gasteiger partial charge in [0.15, 0.2) is 0 Å². The molecule has 2 aromatic rings. The lowest BCUT2D eigenvalue weighted by molar-refractivity contribution is 0.576. The monoisotopic (exact) mass is 277 g/mol. The number of nitrogens with one attached hydrogen (secondary N) is 1. The van der Waals surface area contributed by atoms with E-state index in [0.717, 1.165) is 23.5 Å². The quantitative estimate of drug-likeness (QED) is 0.910. The Labute approximate surface area is 115 Å². The molecule has 0 radical (unpaired) electrons. The summed E-state index contributed by atoms with van der Waals surface area (Å²) in [5, 5.41) is 15.2. The lowest BCUT2D eigenvalue weighted by atomic mass is 10.3. The van der Waals surface area contributed by atoms with Crippen molar-refractivity contribution in [1.29, 1.82) is 5.26 Å². The van der Waals surface area contributed by atoms with E-state index >= 15 is 0 Å². The van der Waals surface area contributed by atoms with Gasteiger partial charge in [-0.15, -0.1) is 22.7 Å². The van der Waals surface area contributed by atoms with Crippen molar-refractivity contribution in [1.82, 2.24) is 10.3 Å². The number of hydrogen-bond acceptors (Lipinski definition) is 5. The van der Waals surface area contributed by atoms with Crippen LogP contribution in [0, 0.1) is 11.3 Å². The van der Waals surface area contributed by atoms with Crippen LogP contribution >= 0.6 is 22.7 Å². The summed E-state index contributed by atoms with van der Waals surface area (Å²) >= 11 is 3.38. The van der Waals surface area contributed by atoms with Crippen molar-refractivity contribution in [2.45, 2.75) is 32.9 Å². The Morgan fingerprint density at radius 1 is 1.50 bits per heavy atom. The SMILES string of the molecule is CCc1cnc(C(C)NCc2cc(C#N)cs2)s1. The molecule has 1 unspecified atom stereocenters. The summed E-state index contributed by atoms with van der Waals surface area (Å²) in [7, 11) is 0. The van der Waals surface area contributed by atoms with E-state index in [1.54, 1.807) is 22.7 Å². The number of nitriles is 1. The van der Waals surface area contributed by atoms with Crippen LogP contribution in [0.3, 0.4) is 0 Å². The van der Waals surface area contributed by atoms with E-state index in [9.17, 15) is 0 Å². The zero-order valence-corrected chi connectivity index (χ0v) is 12.1. The topological polar surface area (TPSA) is 48.7 Å². The van der Waals surface area contributed by atoms with E-state index in [-0.39, 0.29) is 6.04 Å². The second kappa shape index (κ2) is 6.10. The molecule has 0 fully saturated rings. The molecule has 1 atom stereocenters. The van der Waals surface area contributed by atoms with Gasteiger partial charge in [-0.05, 0) is 19.4 Å². The third-order valence-electron chi connectivity index (χ3n) is 2.66. The van der Waals surface area contributed by atoms with Crippen LogP contribution in [0.2, 0.25) is 0 Å². The van der Waals surface area contributed by atoms with Crippen LogP contribution < -0.4 is 5.32 Å². The molecule has 2 rings (SSSR count). The first-order valence-electron chi connectivity index (χ1n) is 5.88. The Balaban J connectivity index is 1.91. The largest absolute Gasteiger partial charge is 0.303 e. The third kappa shape index (κ3) is 3.16. The van der Waals surface area contributed by atoms with Gasteiger partial charge in [0.1, 0.15) is 11.1 Å². The minimum absolute atomic E-state index is 0.253. The molecule has 1 N–H and O–H groups in total. The number of thiazole rings is 1. The third-order valence-corrected chi connectivity index (χ3v) is 4.92. The van der Waals surface area contributed by atoms with Gasteiger partial charge in [-0.3, -0.25) is 0 Å². The summed E-state index contributed by atoms with van der Waals surface area (Å²) in [6.45, 7) is 5.05. The zero-order valence-electron chi connectivity index (χ0n) is 10.4. The van der Waals surface area contributed by atoms with Crippen molar-refractivity contribution in [3.05, 3.63) is 38.0 Å². The molecule has 0 saturated carbocycles. The van der Waals surface area contributed by atoms with E-state index in [1.165, 1.54) is 9.75 Å². The highest BCUT2D eigenvalue weighted by Gasteiger charge is 2.10. The van der Waals surface area contributed by atoms with E-state index < -0.39 is 0 Å². The summed E-state index contributed by atoms with van der Waals surface area (Å²) in [6, 6.07) is 4.34. The van der Waals surface area contributed by atoms with E-state index in [0.29, 0.717) is 0 Å². The number of thiophene rings is 1. The predicted octanol–water partition coefficient (Wildman–Crippen LogP) is 3.49. The van der Waals surface area contributed by atoms with Crippen molar-refractivity contribution >= 4 is 22.7 Å². The van der Waals surface area contributed by atoms with Gasteiger partial charge in [0, 0.05) is 27.9 Å². The fraction of sp³-hybridized carbons (Fsp3) is 0.385. The van der Waals surface area contributed by atoms with Crippen LogP contribution in [-0.2, 0) is 13.0 Å². The smallest absolute Gasteiger partial charge is 0.109 e. The van der Waals surface area contributed by atoms with Gasteiger partial charge in [0.2, 0.25) is 0 Å². The summed E-state index contributed by atoms with van der Waals surface area (Å²) < 4.78 is 0. The first-order chi connectivity index (χ1) is 8.72. The number of hydrogen-bond donors (Lipinski definition) is 1. The van der Waals surface area contributed by atoms with E-state index in [1.807, 2.05) is 17.6 Å². The average Bonchev–Trinajstić information content (AvgIpc) is 3.04.